The number of aryl methyl sites for hydroxylation is 1. The van der Waals surface area contributed by atoms with Gasteiger partial charge in [0.2, 0.25) is 0 Å². The Hall–Kier alpha value is -2.38. The fraction of sp³-hybridized carbons (Fsp3) is 0.400. The summed E-state index contributed by atoms with van der Waals surface area (Å²) in [5.41, 5.74) is -0.918. The zero-order chi connectivity index (χ0) is 19.8. The van der Waals surface area contributed by atoms with Crippen LogP contribution in [0.3, 0.4) is 0 Å². The SMILES string of the molecule is Cc1ccc(S(=O)(=O)O[C@H]2[C@H](O)[C@H](CO)O[C@@H]2n2ncc(=O)[nH]c2=O)cc1. The summed E-state index contributed by atoms with van der Waals surface area (Å²) in [6.45, 7) is 1.13. The number of aromatic nitrogens is 3. The van der Waals surface area contributed by atoms with E-state index in [2.05, 4.69) is 5.10 Å². The first kappa shape index (κ1) is 19.4. The number of aliphatic hydroxyl groups is 2. The zero-order valence-corrected chi connectivity index (χ0v) is 14.9. The minimum atomic E-state index is -4.32. The number of hydrogen-bond donors (Lipinski definition) is 3. The van der Waals surface area contributed by atoms with Crippen molar-refractivity contribution in [2.75, 3.05) is 6.61 Å². The number of nitrogens with zero attached hydrogens (tertiary/aromatic N) is 2. The molecule has 27 heavy (non-hydrogen) atoms. The van der Waals surface area contributed by atoms with Gasteiger partial charge >= 0.3 is 5.69 Å². The summed E-state index contributed by atoms with van der Waals surface area (Å²) < 4.78 is 36.2. The molecule has 3 N–H and O–H groups in total. The smallest absolute Gasteiger partial charge is 0.347 e. The van der Waals surface area contributed by atoms with Gasteiger partial charge in [-0.15, -0.1) is 0 Å². The topological polar surface area (TPSA) is 161 Å². The third-order valence-corrected chi connectivity index (χ3v) is 5.34. The average molecular weight is 399 g/mol. The van der Waals surface area contributed by atoms with Crippen LogP contribution in [0, 0.1) is 6.92 Å². The normalized spacial score (nSPS) is 25.6. The highest BCUT2D eigenvalue weighted by Gasteiger charge is 2.48. The van der Waals surface area contributed by atoms with Crippen LogP contribution in [0.25, 0.3) is 0 Å². The van der Waals surface area contributed by atoms with Gasteiger partial charge in [0, 0.05) is 0 Å². The first-order valence-electron chi connectivity index (χ1n) is 7.85. The number of aliphatic hydroxyl groups excluding tert-OH is 2. The number of ether oxygens (including phenoxy) is 1. The van der Waals surface area contributed by atoms with E-state index in [9.17, 15) is 28.2 Å². The molecule has 0 saturated carbocycles. The van der Waals surface area contributed by atoms with E-state index < -0.39 is 52.5 Å². The predicted octanol–water partition coefficient (Wildman–Crippen LogP) is -1.74. The number of H-pyrrole nitrogens is 1. The molecule has 11 nitrogen and oxygen atoms in total. The number of rotatable bonds is 5. The Labute approximate surface area is 152 Å². The van der Waals surface area contributed by atoms with Crippen molar-refractivity contribution in [2.45, 2.75) is 36.4 Å². The van der Waals surface area contributed by atoms with Gasteiger partial charge in [0.1, 0.15) is 18.4 Å². The van der Waals surface area contributed by atoms with Crippen molar-refractivity contribution < 1.29 is 27.6 Å². The van der Waals surface area contributed by atoms with Crippen LogP contribution in [0.15, 0.2) is 44.9 Å². The van der Waals surface area contributed by atoms with E-state index in [1.54, 1.807) is 19.1 Å². The highest BCUT2D eigenvalue weighted by atomic mass is 32.2. The molecule has 0 unspecified atom stereocenters. The fourth-order valence-corrected chi connectivity index (χ4v) is 3.70. The molecular formula is C15H17N3O8S. The summed E-state index contributed by atoms with van der Waals surface area (Å²) in [7, 11) is -4.32. The van der Waals surface area contributed by atoms with E-state index >= 15 is 0 Å². The molecule has 0 aliphatic carbocycles. The summed E-state index contributed by atoms with van der Waals surface area (Å²) in [4.78, 5) is 24.9. The number of hydrogen-bond acceptors (Lipinski definition) is 9. The molecule has 0 spiro atoms. The second kappa shape index (κ2) is 7.32. The molecule has 0 bridgehead atoms. The Morgan fingerprint density at radius 1 is 1.30 bits per heavy atom. The highest BCUT2D eigenvalue weighted by molar-refractivity contribution is 7.86. The molecule has 4 atom stereocenters. The first-order valence-corrected chi connectivity index (χ1v) is 9.26. The molecule has 0 amide bonds. The van der Waals surface area contributed by atoms with E-state index in [4.69, 9.17) is 8.92 Å². The lowest BCUT2D eigenvalue weighted by atomic mass is 10.1. The van der Waals surface area contributed by atoms with Gasteiger partial charge in [0.15, 0.2) is 12.3 Å². The van der Waals surface area contributed by atoms with Crippen molar-refractivity contribution in [1.82, 2.24) is 14.8 Å². The van der Waals surface area contributed by atoms with Crippen molar-refractivity contribution in [2.24, 2.45) is 0 Å². The fourth-order valence-electron chi connectivity index (χ4n) is 2.62. The Balaban J connectivity index is 1.98. The molecule has 1 aliphatic heterocycles. The van der Waals surface area contributed by atoms with Crippen LogP contribution >= 0.6 is 0 Å². The van der Waals surface area contributed by atoms with Gasteiger partial charge in [-0.2, -0.15) is 18.2 Å². The maximum absolute atomic E-state index is 12.5. The third-order valence-electron chi connectivity index (χ3n) is 4.02. The van der Waals surface area contributed by atoms with Crippen LogP contribution in [0.1, 0.15) is 11.8 Å². The second-order valence-corrected chi connectivity index (χ2v) is 7.52. The quantitative estimate of drug-likeness (QED) is 0.496. The van der Waals surface area contributed by atoms with E-state index in [0.29, 0.717) is 4.68 Å². The second-order valence-electron chi connectivity index (χ2n) is 5.95. The van der Waals surface area contributed by atoms with Crippen LogP contribution in [0.5, 0.6) is 0 Å². The number of aromatic amines is 1. The van der Waals surface area contributed by atoms with Gasteiger partial charge in [-0.05, 0) is 19.1 Å². The molecule has 12 heteroatoms. The molecule has 1 aromatic heterocycles. The van der Waals surface area contributed by atoms with Gasteiger partial charge in [0.05, 0.1) is 11.5 Å². The molecule has 2 heterocycles. The molecule has 3 rings (SSSR count). The molecule has 1 saturated heterocycles. The lowest BCUT2D eigenvalue weighted by Gasteiger charge is -2.20. The molecule has 2 aromatic rings. The third kappa shape index (κ3) is 3.84. The summed E-state index contributed by atoms with van der Waals surface area (Å²) >= 11 is 0. The molecule has 0 radical (unpaired) electrons. The summed E-state index contributed by atoms with van der Waals surface area (Å²) in [6, 6.07) is 5.80. The Kier molecular flexibility index (Phi) is 5.26. The zero-order valence-electron chi connectivity index (χ0n) is 14.0. The Morgan fingerprint density at radius 3 is 2.56 bits per heavy atom. The summed E-state index contributed by atoms with van der Waals surface area (Å²) in [5.74, 6) is 0. The molecule has 1 fully saturated rings. The van der Waals surface area contributed by atoms with Gasteiger partial charge in [0.25, 0.3) is 15.7 Å². The molecule has 1 aromatic carbocycles. The van der Waals surface area contributed by atoms with Crippen LogP contribution in [-0.4, -0.2) is 58.3 Å². The lowest BCUT2D eigenvalue weighted by Crippen LogP contribution is -2.41. The van der Waals surface area contributed by atoms with Gasteiger partial charge < -0.3 is 14.9 Å². The van der Waals surface area contributed by atoms with Crippen molar-refractivity contribution in [1.29, 1.82) is 0 Å². The van der Waals surface area contributed by atoms with Crippen LogP contribution in [0.2, 0.25) is 0 Å². The van der Waals surface area contributed by atoms with E-state index in [0.717, 1.165) is 11.8 Å². The first-order chi connectivity index (χ1) is 12.7. The molecule has 1 aliphatic rings. The largest absolute Gasteiger partial charge is 0.394 e. The van der Waals surface area contributed by atoms with E-state index in [-0.39, 0.29) is 4.90 Å². The Morgan fingerprint density at radius 2 is 1.96 bits per heavy atom. The van der Waals surface area contributed by atoms with Crippen molar-refractivity contribution in [3.8, 4) is 0 Å². The maximum Gasteiger partial charge on any atom is 0.347 e. The van der Waals surface area contributed by atoms with E-state index in [1.807, 2.05) is 4.98 Å². The van der Waals surface area contributed by atoms with Crippen LogP contribution in [0.4, 0.5) is 0 Å². The predicted molar refractivity (Wildman–Crippen MR) is 89.4 cm³/mol. The molecular weight excluding hydrogens is 382 g/mol. The van der Waals surface area contributed by atoms with Gasteiger partial charge in [-0.25, -0.2) is 4.79 Å². The van der Waals surface area contributed by atoms with Gasteiger partial charge in [-0.3, -0.25) is 14.0 Å². The lowest BCUT2D eigenvalue weighted by molar-refractivity contribution is -0.0582. The van der Waals surface area contributed by atoms with Crippen LogP contribution in [-0.2, 0) is 19.0 Å². The standard InChI is InChI=1S/C15H17N3O8S/c1-8-2-4-9(5-3-8)27(23,24)26-13-12(21)10(7-19)25-14(13)18-15(22)17-11(20)6-16-18/h2-6,10,12-14,19,21H,7H2,1H3,(H,17,20,22)/t10-,12+,13-,14-/m0/s1. The summed E-state index contributed by atoms with van der Waals surface area (Å²) in [5, 5.41) is 23.2. The van der Waals surface area contributed by atoms with Crippen molar-refractivity contribution in [3.63, 3.8) is 0 Å². The highest BCUT2D eigenvalue weighted by Crippen LogP contribution is 2.32. The summed E-state index contributed by atoms with van der Waals surface area (Å²) in [6.07, 6.45) is -5.06. The van der Waals surface area contributed by atoms with Crippen molar-refractivity contribution in [3.05, 3.63) is 56.9 Å². The minimum absolute atomic E-state index is 0.159. The van der Waals surface area contributed by atoms with Gasteiger partial charge in [-0.1, -0.05) is 17.7 Å². The van der Waals surface area contributed by atoms with E-state index in [1.165, 1.54) is 12.1 Å². The number of nitrogens with one attached hydrogen (secondary N) is 1. The molecule has 146 valence electrons. The monoisotopic (exact) mass is 399 g/mol. The van der Waals surface area contributed by atoms with Crippen molar-refractivity contribution >= 4 is 10.1 Å². The maximum atomic E-state index is 12.5. The van der Waals surface area contributed by atoms with Crippen LogP contribution < -0.4 is 11.2 Å². The Bertz CT molecular complexity index is 1030. The average Bonchev–Trinajstić information content (AvgIpc) is 2.91. The minimum Gasteiger partial charge on any atom is -0.394 e. The number of benzene rings is 1.